The first-order valence-electron chi connectivity index (χ1n) is 11.0. The predicted octanol–water partition coefficient (Wildman–Crippen LogP) is 3.72. The molecule has 3 aromatic rings. The molecule has 2 aromatic carbocycles. The number of nitrogens with one attached hydrogen (secondary N) is 2. The van der Waals surface area contributed by atoms with Crippen molar-refractivity contribution in [2.75, 3.05) is 33.7 Å². The van der Waals surface area contributed by atoms with Crippen molar-refractivity contribution in [1.82, 2.24) is 20.1 Å². The van der Waals surface area contributed by atoms with Gasteiger partial charge in [0, 0.05) is 35.9 Å². The Kier molecular flexibility index (Phi) is 6.32. The van der Waals surface area contributed by atoms with Gasteiger partial charge in [0.25, 0.3) is 11.8 Å². The standard InChI is InChI=1S/C24H26N4O4.ClH/c1-27(2)11-8-14-12-17-20(23(30)26-22(17)29)19-16-13-15(6-7-18(16)25-21(14)19)32-24(31)28-9-4-3-5-10-28;/h6-7,12-13,25H,3-5,8-11H2,1-2H3,(H,26,29,30);1H. The zero-order valence-electron chi connectivity index (χ0n) is 18.7. The number of piperidine rings is 1. The summed E-state index contributed by atoms with van der Waals surface area (Å²) in [6.07, 6.45) is 3.48. The normalized spacial score (nSPS) is 15.7. The summed E-state index contributed by atoms with van der Waals surface area (Å²) in [5.74, 6) is -0.350. The number of ether oxygens (including phenoxy) is 1. The molecule has 1 aromatic heterocycles. The third-order valence-electron chi connectivity index (χ3n) is 6.28. The van der Waals surface area contributed by atoms with Gasteiger partial charge in [-0.3, -0.25) is 14.9 Å². The van der Waals surface area contributed by atoms with Crippen LogP contribution in [0.25, 0.3) is 21.8 Å². The number of hydrogen-bond donors (Lipinski definition) is 2. The quantitative estimate of drug-likeness (QED) is 0.567. The van der Waals surface area contributed by atoms with Crippen LogP contribution in [0.2, 0.25) is 0 Å². The number of aromatic amines is 1. The van der Waals surface area contributed by atoms with Gasteiger partial charge in [-0.1, -0.05) is 0 Å². The molecule has 0 unspecified atom stereocenters. The van der Waals surface area contributed by atoms with Crippen LogP contribution in [0.1, 0.15) is 45.5 Å². The van der Waals surface area contributed by atoms with Crippen LogP contribution in [0.15, 0.2) is 24.3 Å². The molecule has 0 spiro atoms. The number of halogens is 1. The highest BCUT2D eigenvalue weighted by molar-refractivity contribution is 6.30. The molecule has 2 N–H and O–H groups in total. The minimum Gasteiger partial charge on any atom is -0.410 e. The number of H-pyrrole nitrogens is 1. The van der Waals surface area contributed by atoms with Crippen LogP contribution in [0, 0.1) is 0 Å². The highest BCUT2D eigenvalue weighted by Crippen LogP contribution is 2.37. The molecular formula is C24H27ClN4O4. The molecule has 0 aliphatic carbocycles. The Morgan fingerprint density at radius 3 is 2.58 bits per heavy atom. The number of carbonyl (C=O) groups excluding carboxylic acids is 3. The summed E-state index contributed by atoms with van der Waals surface area (Å²) in [6, 6.07) is 7.20. The third kappa shape index (κ3) is 4.16. The van der Waals surface area contributed by atoms with Crippen LogP contribution < -0.4 is 10.1 Å². The number of hydrogen-bond acceptors (Lipinski definition) is 5. The van der Waals surface area contributed by atoms with E-state index in [0.29, 0.717) is 35.4 Å². The summed E-state index contributed by atoms with van der Waals surface area (Å²) >= 11 is 0. The second-order valence-corrected chi connectivity index (χ2v) is 8.79. The van der Waals surface area contributed by atoms with Crippen LogP contribution in [-0.4, -0.2) is 66.4 Å². The largest absolute Gasteiger partial charge is 0.415 e. The van der Waals surface area contributed by atoms with Gasteiger partial charge in [0.2, 0.25) is 0 Å². The van der Waals surface area contributed by atoms with Crippen molar-refractivity contribution < 1.29 is 19.1 Å². The first kappa shape index (κ1) is 23.1. The van der Waals surface area contributed by atoms with Crippen molar-refractivity contribution in [2.24, 2.45) is 0 Å². The van der Waals surface area contributed by atoms with Crippen LogP contribution in [0.3, 0.4) is 0 Å². The van der Waals surface area contributed by atoms with E-state index in [1.54, 1.807) is 17.0 Å². The first-order chi connectivity index (χ1) is 15.4. The average molecular weight is 471 g/mol. The number of amides is 3. The molecule has 3 amide bonds. The molecule has 9 heteroatoms. The van der Waals surface area contributed by atoms with Crippen LogP contribution in [-0.2, 0) is 6.42 Å². The molecule has 8 nitrogen and oxygen atoms in total. The maximum absolute atomic E-state index is 12.6. The van der Waals surface area contributed by atoms with E-state index in [0.717, 1.165) is 54.2 Å². The van der Waals surface area contributed by atoms with E-state index < -0.39 is 5.91 Å². The number of carbonyl (C=O) groups is 3. The van der Waals surface area contributed by atoms with Gasteiger partial charge in [-0.2, -0.15) is 0 Å². The van der Waals surface area contributed by atoms with Crippen LogP contribution >= 0.6 is 12.4 Å². The number of likely N-dealkylation sites (N-methyl/N-ethyl adjacent to an activating group) is 1. The highest BCUT2D eigenvalue weighted by Gasteiger charge is 2.32. The van der Waals surface area contributed by atoms with Gasteiger partial charge in [0.15, 0.2) is 0 Å². The van der Waals surface area contributed by atoms with Crippen molar-refractivity contribution in [2.45, 2.75) is 25.7 Å². The predicted molar refractivity (Wildman–Crippen MR) is 129 cm³/mol. The second-order valence-electron chi connectivity index (χ2n) is 8.79. The molecule has 0 bridgehead atoms. The van der Waals surface area contributed by atoms with Crippen molar-refractivity contribution in [1.29, 1.82) is 0 Å². The summed E-state index contributed by atoms with van der Waals surface area (Å²) in [7, 11) is 3.99. The average Bonchev–Trinajstić information content (AvgIpc) is 3.29. The van der Waals surface area contributed by atoms with Crippen LogP contribution in [0.5, 0.6) is 5.75 Å². The Morgan fingerprint density at radius 2 is 1.85 bits per heavy atom. The minimum atomic E-state index is -0.397. The molecule has 3 heterocycles. The zero-order chi connectivity index (χ0) is 22.4. The zero-order valence-corrected chi connectivity index (χ0v) is 19.5. The lowest BCUT2D eigenvalue weighted by Gasteiger charge is -2.25. The lowest BCUT2D eigenvalue weighted by atomic mass is 9.97. The van der Waals surface area contributed by atoms with E-state index >= 15 is 0 Å². The number of imide groups is 1. The summed E-state index contributed by atoms with van der Waals surface area (Å²) in [5.41, 5.74) is 3.41. The highest BCUT2D eigenvalue weighted by atomic mass is 35.5. The van der Waals surface area contributed by atoms with Crippen LogP contribution in [0.4, 0.5) is 4.79 Å². The van der Waals surface area contributed by atoms with E-state index in [2.05, 4.69) is 15.2 Å². The van der Waals surface area contributed by atoms with Crippen molar-refractivity contribution in [3.05, 3.63) is 41.0 Å². The van der Waals surface area contributed by atoms with E-state index in [-0.39, 0.29) is 24.4 Å². The molecule has 1 saturated heterocycles. The number of likely N-dealkylation sites (tertiary alicyclic amines) is 1. The van der Waals surface area contributed by atoms with Gasteiger partial charge >= 0.3 is 6.09 Å². The Labute approximate surface area is 197 Å². The molecule has 0 radical (unpaired) electrons. The number of nitrogens with zero attached hydrogens (tertiary/aromatic N) is 2. The van der Waals surface area contributed by atoms with Gasteiger partial charge < -0.3 is 19.5 Å². The fourth-order valence-electron chi connectivity index (χ4n) is 4.62. The smallest absolute Gasteiger partial charge is 0.410 e. The summed E-state index contributed by atoms with van der Waals surface area (Å²) < 4.78 is 5.66. The Balaban J connectivity index is 0.00000259. The van der Waals surface area contributed by atoms with E-state index in [1.165, 1.54) is 0 Å². The molecular weight excluding hydrogens is 444 g/mol. The topological polar surface area (TPSA) is 94.7 Å². The Hall–Kier alpha value is -3.10. The lowest BCUT2D eigenvalue weighted by molar-refractivity contribution is 0.0880. The number of rotatable bonds is 4. The van der Waals surface area contributed by atoms with Gasteiger partial charge in [-0.25, -0.2) is 4.79 Å². The summed E-state index contributed by atoms with van der Waals surface area (Å²) in [4.78, 5) is 44.9. The van der Waals surface area contributed by atoms with Gasteiger partial charge in [-0.15, -0.1) is 12.4 Å². The Bertz CT molecular complexity index is 1260. The Morgan fingerprint density at radius 1 is 1.09 bits per heavy atom. The molecule has 33 heavy (non-hydrogen) atoms. The monoisotopic (exact) mass is 470 g/mol. The molecule has 0 saturated carbocycles. The van der Waals surface area contributed by atoms with Gasteiger partial charge in [-0.05, 0) is 69.6 Å². The molecule has 1 fully saturated rings. The first-order valence-corrected chi connectivity index (χ1v) is 11.0. The van der Waals surface area contributed by atoms with Crippen molar-refractivity contribution >= 4 is 52.1 Å². The SMILES string of the molecule is CN(C)CCc1cc2c(c3c1[nH]c1ccc(OC(=O)N4CCCCC4)cc13)C(=O)NC2=O.Cl. The maximum Gasteiger partial charge on any atom is 0.415 e. The molecule has 2 aliphatic heterocycles. The molecule has 2 aliphatic rings. The minimum absolute atomic E-state index is 0. The number of benzene rings is 2. The van der Waals surface area contributed by atoms with Crippen molar-refractivity contribution in [3.63, 3.8) is 0 Å². The fraction of sp³-hybridized carbons (Fsp3) is 0.375. The van der Waals surface area contributed by atoms with E-state index in [4.69, 9.17) is 4.74 Å². The van der Waals surface area contributed by atoms with Gasteiger partial charge in [0.05, 0.1) is 16.6 Å². The van der Waals surface area contributed by atoms with E-state index in [9.17, 15) is 14.4 Å². The third-order valence-corrected chi connectivity index (χ3v) is 6.28. The van der Waals surface area contributed by atoms with E-state index in [1.807, 2.05) is 26.2 Å². The van der Waals surface area contributed by atoms with Crippen molar-refractivity contribution in [3.8, 4) is 5.75 Å². The number of aromatic nitrogens is 1. The summed E-state index contributed by atoms with van der Waals surface area (Å²) in [6.45, 7) is 2.22. The maximum atomic E-state index is 12.6. The molecule has 0 atom stereocenters. The molecule has 174 valence electrons. The molecule has 5 rings (SSSR count). The summed E-state index contributed by atoms with van der Waals surface area (Å²) in [5, 5.41) is 3.88. The number of fused-ring (bicyclic) bond motifs is 5. The second kappa shape index (κ2) is 9.03. The fourth-order valence-corrected chi connectivity index (χ4v) is 4.62. The van der Waals surface area contributed by atoms with Gasteiger partial charge in [0.1, 0.15) is 5.75 Å². The lowest BCUT2D eigenvalue weighted by Crippen LogP contribution is -2.37.